The molecule has 48 heavy (non-hydrogen) atoms. The number of cyclic esters (lactones) is 1. The largest absolute Gasteiger partial charge is 0.478 e. The van der Waals surface area contributed by atoms with Crippen LogP contribution in [-0.2, 0) is 20.7 Å². The Morgan fingerprint density at radius 2 is 1.73 bits per heavy atom. The maximum absolute atomic E-state index is 11.0. The summed E-state index contributed by atoms with van der Waals surface area (Å²) in [6.45, 7) is 5.31. The van der Waals surface area contributed by atoms with Gasteiger partial charge in [-0.3, -0.25) is 15.0 Å². The van der Waals surface area contributed by atoms with Gasteiger partial charge in [0, 0.05) is 59.1 Å². The van der Waals surface area contributed by atoms with Crippen molar-refractivity contribution >= 4 is 53.7 Å². The Hall–Kier alpha value is -4.64. The van der Waals surface area contributed by atoms with Crippen molar-refractivity contribution in [1.29, 1.82) is 0 Å². The van der Waals surface area contributed by atoms with Crippen LogP contribution >= 0.6 is 23.5 Å². The minimum atomic E-state index is -1.26. The number of hydrogen-bond donors (Lipinski definition) is 2. The summed E-state index contributed by atoms with van der Waals surface area (Å²) in [5.41, 5.74) is 3.01. The summed E-state index contributed by atoms with van der Waals surface area (Å²) >= 11 is 3.79. The lowest BCUT2D eigenvalue weighted by molar-refractivity contribution is -0.402. The number of fused-ring (bicyclic) bond motifs is 2. The highest BCUT2D eigenvalue weighted by Gasteiger charge is 2.29. The van der Waals surface area contributed by atoms with Gasteiger partial charge < -0.3 is 24.3 Å². The van der Waals surface area contributed by atoms with Crippen molar-refractivity contribution in [2.75, 3.05) is 52.6 Å². The van der Waals surface area contributed by atoms with Crippen molar-refractivity contribution in [3.63, 3.8) is 0 Å². The fourth-order valence-corrected chi connectivity index (χ4v) is 6.51. The Bertz CT molecular complexity index is 1650. The van der Waals surface area contributed by atoms with Crippen molar-refractivity contribution in [2.45, 2.75) is 27.1 Å². The molecular weight excluding hydrogens is 663 g/mol. The third kappa shape index (κ3) is 10.4. The molecule has 16 heteroatoms. The highest BCUT2D eigenvalue weighted by Crippen LogP contribution is 2.44. The number of carboxylic acid groups (broad SMARTS) is 2. The SMILES string of the molecule is CSc1ccc2c(c1)C(N1CCN(C)CC1)Cc1ccccc1S2.O=C(O)C=CC(=O)O.O=C1OCCN1N=Cc1ccc([N+](=O)[O-])o1. The number of carboxylic acids is 2. The number of furan rings is 1. The lowest BCUT2D eigenvalue weighted by Crippen LogP contribution is -2.46. The fraction of sp³-hybridized carbons (Fsp3) is 0.312. The standard InChI is InChI=1S/C20H24N2S2.C8H7N3O5.C4H4O4/c1-21-9-11-22(12-10-21)18-13-15-5-3-4-6-19(15)24-20-8-7-16(23-2)14-17(18)20;12-8-10(3-4-15-8)9-5-6-1-2-7(16-6)11(13)14;5-3(6)1-2-4(7)8/h3-8,14,18H,9-13H2,1-2H3;1-2,5H,3-4H2;1-2H,(H,5,6)(H,7,8). The van der Waals surface area contributed by atoms with Crippen LogP contribution in [-0.4, -0.2) is 107 Å². The Balaban J connectivity index is 0.000000187. The number of rotatable bonds is 7. The van der Waals surface area contributed by atoms with Crippen molar-refractivity contribution < 1.29 is 38.7 Å². The van der Waals surface area contributed by atoms with Gasteiger partial charge in [0.05, 0.1) is 18.8 Å². The van der Waals surface area contributed by atoms with Crippen LogP contribution in [0.4, 0.5) is 10.7 Å². The van der Waals surface area contributed by atoms with Crippen LogP contribution in [0.3, 0.4) is 0 Å². The number of nitrogens with zero attached hydrogens (tertiary/aromatic N) is 5. The summed E-state index contributed by atoms with van der Waals surface area (Å²) in [5, 5.41) is 30.8. The van der Waals surface area contributed by atoms with E-state index >= 15 is 0 Å². The van der Waals surface area contributed by atoms with E-state index in [4.69, 9.17) is 14.6 Å². The Labute approximate surface area is 285 Å². The second kappa shape index (κ2) is 17.5. The van der Waals surface area contributed by atoms with Gasteiger partial charge in [-0.05, 0) is 61.2 Å². The minimum absolute atomic E-state index is 0.200. The molecule has 3 aliphatic heterocycles. The number of amides is 1. The number of likely N-dealkylation sites (N-methyl/N-ethyl adjacent to an activating group) is 1. The topological polar surface area (TPSA) is 179 Å². The van der Waals surface area contributed by atoms with Crippen LogP contribution < -0.4 is 0 Å². The van der Waals surface area contributed by atoms with E-state index < -0.39 is 23.0 Å². The van der Waals surface area contributed by atoms with Crippen molar-refractivity contribution in [2.24, 2.45) is 5.10 Å². The molecule has 4 heterocycles. The zero-order valence-corrected chi connectivity index (χ0v) is 27.9. The highest BCUT2D eigenvalue weighted by molar-refractivity contribution is 7.99. The second-order valence-electron chi connectivity index (χ2n) is 10.6. The zero-order valence-electron chi connectivity index (χ0n) is 26.3. The molecule has 2 N–H and O–H groups in total. The second-order valence-corrected chi connectivity index (χ2v) is 12.6. The van der Waals surface area contributed by atoms with E-state index in [0.717, 1.165) is 24.5 Å². The van der Waals surface area contributed by atoms with Crippen LogP contribution in [0.25, 0.3) is 0 Å². The molecule has 3 aromatic rings. The van der Waals surface area contributed by atoms with Gasteiger partial charge >= 0.3 is 23.9 Å². The highest BCUT2D eigenvalue weighted by atomic mass is 32.2. The van der Waals surface area contributed by atoms with Crippen molar-refractivity contribution in [3.05, 3.63) is 93.8 Å². The van der Waals surface area contributed by atoms with Gasteiger partial charge in [-0.2, -0.15) is 10.1 Å². The first-order valence-corrected chi connectivity index (χ1v) is 16.8. The average Bonchev–Trinajstić information content (AvgIpc) is 3.68. The van der Waals surface area contributed by atoms with Crippen LogP contribution in [0.5, 0.6) is 0 Å². The van der Waals surface area contributed by atoms with E-state index in [1.54, 1.807) is 0 Å². The third-order valence-corrected chi connectivity index (χ3v) is 9.32. The van der Waals surface area contributed by atoms with Gasteiger partial charge in [-0.25, -0.2) is 14.4 Å². The Kier molecular flexibility index (Phi) is 13.2. The number of benzene rings is 2. The fourth-order valence-electron chi connectivity index (χ4n) is 4.94. The summed E-state index contributed by atoms with van der Waals surface area (Å²) in [6, 6.07) is 19.1. The number of hydrogen-bond acceptors (Lipinski definition) is 12. The van der Waals surface area contributed by atoms with Crippen LogP contribution in [0.2, 0.25) is 0 Å². The molecule has 254 valence electrons. The molecule has 2 fully saturated rings. The average molecular weight is 698 g/mol. The van der Waals surface area contributed by atoms with E-state index in [0.29, 0.717) is 24.7 Å². The van der Waals surface area contributed by atoms with E-state index in [-0.39, 0.29) is 18.3 Å². The van der Waals surface area contributed by atoms with Gasteiger partial charge in [0.2, 0.25) is 0 Å². The van der Waals surface area contributed by atoms with Gasteiger partial charge in [-0.1, -0.05) is 30.0 Å². The van der Waals surface area contributed by atoms with E-state index in [9.17, 15) is 24.5 Å². The molecule has 0 spiro atoms. The summed E-state index contributed by atoms with van der Waals surface area (Å²) in [7, 11) is 2.23. The molecule has 3 aliphatic rings. The molecule has 6 rings (SSSR count). The molecule has 1 unspecified atom stereocenters. The molecule has 0 radical (unpaired) electrons. The normalized spacial score (nSPS) is 17.8. The third-order valence-electron chi connectivity index (χ3n) is 7.39. The smallest absolute Gasteiger partial charge is 0.433 e. The molecule has 0 saturated carbocycles. The molecule has 1 aromatic heterocycles. The number of aliphatic carboxylic acids is 2. The monoisotopic (exact) mass is 697 g/mol. The molecule has 14 nitrogen and oxygen atoms in total. The predicted octanol–water partition coefficient (Wildman–Crippen LogP) is 5.09. The van der Waals surface area contributed by atoms with Crippen LogP contribution in [0, 0.1) is 10.1 Å². The Morgan fingerprint density at radius 1 is 1.02 bits per heavy atom. The molecule has 1 atom stereocenters. The molecule has 0 aliphatic carbocycles. The zero-order chi connectivity index (χ0) is 34.6. The van der Waals surface area contributed by atoms with Gasteiger partial charge in [0.15, 0.2) is 5.76 Å². The number of piperazine rings is 1. The van der Waals surface area contributed by atoms with E-state index in [1.165, 1.54) is 57.3 Å². The Morgan fingerprint density at radius 3 is 2.33 bits per heavy atom. The molecule has 1 amide bonds. The predicted molar refractivity (Wildman–Crippen MR) is 180 cm³/mol. The number of hydrazone groups is 1. The van der Waals surface area contributed by atoms with E-state index in [1.807, 2.05) is 23.5 Å². The van der Waals surface area contributed by atoms with Crippen LogP contribution in [0.1, 0.15) is 22.9 Å². The number of thioether (sulfide) groups is 1. The number of ether oxygens (including phenoxy) is 1. The number of carbonyl (C=O) groups is 3. The molecule has 2 aromatic carbocycles. The number of carbonyl (C=O) groups excluding carboxylic acids is 1. The van der Waals surface area contributed by atoms with E-state index in [2.05, 4.69) is 75.4 Å². The molecule has 2 saturated heterocycles. The first-order valence-electron chi connectivity index (χ1n) is 14.8. The molecule has 0 bridgehead atoms. The quantitative estimate of drug-likeness (QED) is 0.110. The summed E-state index contributed by atoms with van der Waals surface area (Å²) in [6.07, 6.45) is 5.09. The summed E-state index contributed by atoms with van der Waals surface area (Å²) in [5.74, 6) is -2.68. The van der Waals surface area contributed by atoms with Gasteiger partial charge in [0.1, 0.15) is 11.5 Å². The minimum Gasteiger partial charge on any atom is -0.478 e. The van der Waals surface area contributed by atoms with Crippen molar-refractivity contribution in [1.82, 2.24) is 14.8 Å². The first kappa shape index (κ1) is 36.2. The summed E-state index contributed by atoms with van der Waals surface area (Å²) in [4.78, 5) is 49.1. The lowest BCUT2D eigenvalue weighted by Gasteiger charge is -2.38. The summed E-state index contributed by atoms with van der Waals surface area (Å²) < 4.78 is 9.44. The van der Waals surface area contributed by atoms with Gasteiger partial charge in [0.25, 0.3) is 0 Å². The molecular formula is C32H35N5O9S2. The maximum atomic E-state index is 11.0. The van der Waals surface area contributed by atoms with Gasteiger partial charge in [-0.15, -0.1) is 11.8 Å². The first-order chi connectivity index (χ1) is 23.0. The lowest BCUT2D eigenvalue weighted by atomic mass is 9.96. The number of nitro groups is 1. The maximum Gasteiger partial charge on any atom is 0.433 e. The van der Waals surface area contributed by atoms with Crippen molar-refractivity contribution in [3.8, 4) is 0 Å². The van der Waals surface area contributed by atoms with Crippen LogP contribution in [0.15, 0.2) is 91.0 Å².